The fraction of sp³-hybridized carbons (Fsp3) is 0.444. The second-order valence-corrected chi connectivity index (χ2v) is 7.64. The number of nitrogens with one attached hydrogen (secondary N) is 1. The highest BCUT2D eigenvalue weighted by molar-refractivity contribution is 6.35. The number of aliphatic carboxylic acids is 1. The van der Waals surface area contributed by atoms with Gasteiger partial charge in [-0.3, -0.25) is 4.79 Å². The first kappa shape index (κ1) is 17.1. The lowest BCUT2D eigenvalue weighted by Gasteiger charge is -2.46. The second-order valence-electron chi connectivity index (χ2n) is 6.80. The Balaban J connectivity index is 2.25. The van der Waals surface area contributed by atoms with Crippen LogP contribution in [0.15, 0.2) is 29.5 Å². The summed E-state index contributed by atoms with van der Waals surface area (Å²) in [6.45, 7) is 3.54. The van der Waals surface area contributed by atoms with Gasteiger partial charge in [0, 0.05) is 27.7 Å². The Labute approximate surface area is 151 Å². The van der Waals surface area contributed by atoms with Crippen LogP contribution in [-0.4, -0.2) is 17.1 Å². The summed E-state index contributed by atoms with van der Waals surface area (Å²) >= 11 is 12.4. The lowest BCUT2D eigenvalue weighted by atomic mass is 9.62. The molecular weight excluding hydrogens is 347 g/mol. The number of halogens is 2. The topological polar surface area (TPSA) is 73.1 Å². The van der Waals surface area contributed by atoms with Crippen LogP contribution in [0.5, 0.6) is 0 Å². The van der Waals surface area contributed by atoms with E-state index in [1.807, 2.05) is 6.92 Å². The van der Waals surface area contributed by atoms with Crippen molar-refractivity contribution in [1.82, 2.24) is 5.32 Å². The van der Waals surface area contributed by atoms with Gasteiger partial charge in [0.15, 0.2) is 0 Å². The van der Waals surface area contributed by atoms with E-state index >= 15 is 0 Å². The highest BCUT2D eigenvalue weighted by Crippen LogP contribution is 2.54. The Morgan fingerprint density at radius 1 is 1.42 bits per heavy atom. The number of hydrogen-bond acceptors (Lipinski definition) is 3. The molecule has 1 aromatic rings. The van der Waals surface area contributed by atoms with Crippen molar-refractivity contribution in [3.05, 3.63) is 45.1 Å². The van der Waals surface area contributed by atoms with E-state index in [1.54, 1.807) is 25.1 Å². The van der Waals surface area contributed by atoms with Crippen molar-refractivity contribution in [2.75, 3.05) is 0 Å². The SMILES string of the molecule is CC1=C(C#N)C(c2ccc(Cl)cc2Cl)C(C)(C(=O)O)C(C2CC2)N1. The summed E-state index contributed by atoms with van der Waals surface area (Å²) < 4.78 is 0. The molecule has 4 nitrogen and oxygen atoms in total. The molecule has 2 N–H and O–H groups in total. The standard InChI is InChI=1S/C18H18Cl2N2O2/c1-9-13(8-21)15(12-6-5-11(19)7-14(12)20)18(2,17(23)24)16(22-9)10-3-4-10/h5-7,10,15-16,22H,3-4H2,1-2H3,(H,23,24). The molecule has 3 rings (SSSR count). The van der Waals surface area contributed by atoms with E-state index in [2.05, 4.69) is 11.4 Å². The molecule has 0 aromatic heterocycles. The molecule has 1 heterocycles. The predicted octanol–water partition coefficient (Wildman–Crippen LogP) is 4.35. The fourth-order valence-corrected chi connectivity index (χ4v) is 4.33. The van der Waals surface area contributed by atoms with Gasteiger partial charge in [0.1, 0.15) is 0 Å². The lowest BCUT2D eigenvalue weighted by Crippen LogP contribution is -2.56. The summed E-state index contributed by atoms with van der Waals surface area (Å²) in [6, 6.07) is 6.98. The van der Waals surface area contributed by atoms with Crippen LogP contribution in [-0.2, 0) is 4.79 Å². The van der Waals surface area contributed by atoms with Crippen LogP contribution in [0.2, 0.25) is 10.0 Å². The van der Waals surface area contributed by atoms with Crippen LogP contribution in [0.4, 0.5) is 0 Å². The van der Waals surface area contributed by atoms with Crippen LogP contribution >= 0.6 is 23.2 Å². The number of rotatable bonds is 3. The van der Waals surface area contributed by atoms with Crippen molar-refractivity contribution in [2.45, 2.75) is 38.6 Å². The molecule has 0 amide bonds. The van der Waals surface area contributed by atoms with E-state index in [0.29, 0.717) is 27.1 Å². The van der Waals surface area contributed by atoms with Gasteiger partial charge in [0.2, 0.25) is 0 Å². The summed E-state index contributed by atoms with van der Waals surface area (Å²) in [5, 5.41) is 23.9. The molecule has 24 heavy (non-hydrogen) atoms. The molecule has 126 valence electrons. The van der Waals surface area contributed by atoms with Crippen molar-refractivity contribution in [2.24, 2.45) is 11.3 Å². The molecule has 1 aromatic carbocycles. The smallest absolute Gasteiger partial charge is 0.312 e. The number of allylic oxidation sites excluding steroid dienone is 2. The highest BCUT2D eigenvalue weighted by atomic mass is 35.5. The first-order valence-corrected chi connectivity index (χ1v) is 8.62. The molecule has 0 spiro atoms. The van der Waals surface area contributed by atoms with Crippen molar-refractivity contribution < 1.29 is 9.90 Å². The molecule has 1 saturated carbocycles. The summed E-state index contributed by atoms with van der Waals surface area (Å²) in [4.78, 5) is 12.3. The van der Waals surface area contributed by atoms with Gasteiger partial charge in [-0.2, -0.15) is 5.26 Å². The first-order valence-electron chi connectivity index (χ1n) is 7.86. The average Bonchev–Trinajstić information content (AvgIpc) is 3.34. The van der Waals surface area contributed by atoms with Crippen LogP contribution < -0.4 is 5.32 Å². The molecular formula is C18H18Cl2N2O2. The summed E-state index contributed by atoms with van der Waals surface area (Å²) in [5.41, 5.74) is 0.614. The largest absolute Gasteiger partial charge is 0.481 e. The van der Waals surface area contributed by atoms with Gasteiger partial charge in [-0.25, -0.2) is 0 Å². The van der Waals surface area contributed by atoms with Crippen LogP contribution in [0, 0.1) is 22.7 Å². The zero-order chi connectivity index (χ0) is 17.6. The number of carbonyl (C=O) groups is 1. The third kappa shape index (κ3) is 2.56. The van der Waals surface area contributed by atoms with Gasteiger partial charge in [-0.15, -0.1) is 0 Å². The van der Waals surface area contributed by atoms with Gasteiger partial charge < -0.3 is 10.4 Å². The first-order chi connectivity index (χ1) is 11.3. The van der Waals surface area contributed by atoms with Crippen molar-refractivity contribution >= 4 is 29.2 Å². The van der Waals surface area contributed by atoms with Crippen molar-refractivity contribution in [3.8, 4) is 6.07 Å². The summed E-state index contributed by atoms with van der Waals surface area (Å²) in [5.74, 6) is -1.24. The molecule has 0 bridgehead atoms. The van der Waals surface area contributed by atoms with Gasteiger partial charge >= 0.3 is 5.97 Å². The third-order valence-electron chi connectivity index (χ3n) is 5.26. The molecule has 1 aliphatic carbocycles. The van der Waals surface area contributed by atoms with E-state index in [9.17, 15) is 15.2 Å². The molecule has 0 saturated heterocycles. The molecule has 1 fully saturated rings. The number of carboxylic acid groups (broad SMARTS) is 1. The molecule has 3 unspecified atom stereocenters. The van der Waals surface area contributed by atoms with Crippen LogP contribution in [0.1, 0.15) is 38.2 Å². The number of benzene rings is 1. The number of carboxylic acids is 1. The minimum Gasteiger partial charge on any atom is -0.481 e. The number of nitriles is 1. The van der Waals surface area contributed by atoms with E-state index in [0.717, 1.165) is 18.5 Å². The monoisotopic (exact) mass is 364 g/mol. The maximum atomic E-state index is 12.3. The Morgan fingerprint density at radius 3 is 2.58 bits per heavy atom. The van der Waals surface area contributed by atoms with Gasteiger partial charge in [-0.1, -0.05) is 29.3 Å². The molecule has 0 radical (unpaired) electrons. The van der Waals surface area contributed by atoms with E-state index in [-0.39, 0.29) is 6.04 Å². The zero-order valence-corrected chi connectivity index (χ0v) is 14.9. The third-order valence-corrected chi connectivity index (χ3v) is 5.82. The van der Waals surface area contributed by atoms with Gasteiger partial charge in [0.25, 0.3) is 0 Å². The Morgan fingerprint density at radius 2 is 2.08 bits per heavy atom. The lowest BCUT2D eigenvalue weighted by molar-refractivity contribution is -0.151. The van der Waals surface area contributed by atoms with Crippen molar-refractivity contribution in [3.63, 3.8) is 0 Å². The minimum absolute atomic E-state index is 0.233. The maximum absolute atomic E-state index is 12.3. The van der Waals surface area contributed by atoms with E-state index in [4.69, 9.17) is 23.2 Å². The fourth-order valence-electron chi connectivity index (χ4n) is 3.81. The minimum atomic E-state index is -1.16. The maximum Gasteiger partial charge on any atom is 0.312 e. The Bertz CT molecular complexity index is 780. The zero-order valence-electron chi connectivity index (χ0n) is 13.4. The summed E-state index contributed by atoms with van der Waals surface area (Å²) in [6.07, 6.45) is 1.99. The molecule has 3 atom stereocenters. The second kappa shape index (κ2) is 5.98. The van der Waals surface area contributed by atoms with Crippen LogP contribution in [0.3, 0.4) is 0 Å². The quantitative estimate of drug-likeness (QED) is 0.835. The highest BCUT2D eigenvalue weighted by Gasteiger charge is 2.57. The van der Waals surface area contributed by atoms with Crippen molar-refractivity contribution in [1.29, 1.82) is 5.26 Å². The van der Waals surface area contributed by atoms with Crippen LogP contribution in [0.25, 0.3) is 0 Å². The molecule has 6 heteroatoms. The molecule has 1 aliphatic heterocycles. The number of hydrogen-bond donors (Lipinski definition) is 2. The van der Waals surface area contributed by atoms with E-state index in [1.165, 1.54) is 0 Å². The Kier molecular flexibility index (Phi) is 4.27. The predicted molar refractivity (Wildman–Crippen MR) is 92.9 cm³/mol. The molecule has 2 aliphatic rings. The van der Waals surface area contributed by atoms with E-state index < -0.39 is 17.3 Å². The average molecular weight is 365 g/mol. The Hall–Kier alpha value is -1.70. The summed E-state index contributed by atoms with van der Waals surface area (Å²) in [7, 11) is 0. The number of nitrogens with zero attached hydrogens (tertiary/aromatic N) is 1. The van der Waals surface area contributed by atoms with Gasteiger partial charge in [0.05, 0.1) is 17.1 Å². The van der Waals surface area contributed by atoms with Gasteiger partial charge in [-0.05, 0) is 50.3 Å². The normalized spacial score (nSPS) is 29.8.